The molecule has 1 saturated heterocycles. The van der Waals surface area contributed by atoms with Crippen LogP contribution in [0.2, 0.25) is 0 Å². The molecule has 0 aromatic heterocycles. The fourth-order valence-electron chi connectivity index (χ4n) is 2.53. The summed E-state index contributed by atoms with van der Waals surface area (Å²) in [6, 6.07) is 5.35. The molecule has 1 aromatic rings. The normalized spacial score (nSPS) is 17.4. The van der Waals surface area contributed by atoms with Crippen LogP contribution in [0.25, 0.3) is 0 Å². The molecule has 2 N–H and O–H groups in total. The smallest absolute Gasteiger partial charge is 0.241 e. The molecule has 5 nitrogen and oxygen atoms in total. The van der Waals surface area contributed by atoms with E-state index in [-0.39, 0.29) is 22.7 Å². The third-order valence-corrected chi connectivity index (χ3v) is 6.62. The van der Waals surface area contributed by atoms with Gasteiger partial charge in [-0.2, -0.15) is 0 Å². The Balaban J connectivity index is 0.00000264. The van der Waals surface area contributed by atoms with Gasteiger partial charge in [0, 0.05) is 30.8 Å². The highest BCUT2D eigenvalue weighted by Gasteiger charge is 2.29. The van der Waals surface area contributed by atoms with E-state index in [0.717, 1.165) is 31.6 Å². The summed E-state index contributed by atoms with van der Waals surface area (Å²) in [6.45, 7) is 4.49. The van der Waals surface area contributed by atoms with Crippen molar-refractivity contribution in [2.45, 2.75) is 24.7 Å². The van der Waals surface area contributed by atoms with Crippen molar-refractivity contribution < 1.29 is 8.42 Å². The monoisotopic (exact) mass is 425 g/mol. The lowest BCUT2D eigenvalue weighted by Gasteiger charge is -2.34. The maximum Gasteiger partial charge on any atom is 0.241 e. The van der Waals surface area contributed by atoms with Gasteiger partial charge in [-0.15, -0.1) is 12.4 Å². The Bertz CT molecular complexity index is 632. The van der Waals surface area contributed by atoms with Gasteiger partial charge in [-0.1, -0.05) is 6.92 Å². The van der Waals surface area contributed by atoms with Gasteiger partial charge < -0.3 is 10.2 Å². The molecule has 1 aromatic carbocycles. The van der Waals surface area contributed by atoms with Crippen LogP contribution in [0.15, 0.2) is 27.6 Å². The van der Waals surface area contributed by atoms with Crippen molar-refractivity contribution in [2.75, 3.05) is 38.6 Å². The van der Waals surface area contributed by atoms with Crippen molar-refractivity contribution >= 4 is 44.0 Å². The number of piperidine rings is 1. The quantitative estimate of drug-likeness (QED) is 0.760. The molecule has 23 heavy (non-hydrogen) atoms. The number of benzene rings is 1. The van der Waals surface area contributed by atoms with E-state index in [4.69, 9.17) is 0 Å². The summed E-state index contributed by atoms with van der Waals surface area (Å²) in [6.07, 6.45) is 1.96. The van der Waals surface area contributed by atoms with Crippen molar-refractivity contribution in [3.8, 4) is 0 Å². The van der Waals surface area contributed by atoms with E-state index < -0.39 is 10.0 Å². The van der Waals surface area contributed by atoms with Gasteiger partial charge in [-0.3, -0.25) is 0 Å². The molecule has 0 radical (unpaired) electrons. The van der Waals surface area contributed by atoms with Gasteiger partial charge in [-0.05, 0) is 65.5 Å². The topological polar surface area (TPSA) is 61.4 Å². The summed E-state index contributed by atoms with van der Waals surface area (Å²) in [5, 5.41) is 3.31. The van der Waals surface area contributed by atoms with E-state index in [2.05, 4.69) is 32.9 Å². The molecule has 1 aliphatic rings. The highest BCUT2D eigenvalue weighted by Crippen LogP contribution is 2.29. The van der Waals surface area contributed by atoms with Crippen LogP contribution in [0, 0.1) is 5.41 Å². The molecule has 1 aliphatic heterocycles. The summed E-state index contributed by atoms with van der Waals surface area (Å²) >= 11 is 3.35. The van der Waals surface area contributed by atoms with Gasteiger partial charge >= 0.3 is 0 Å². The van der Waals surface area contributed by atoms with E-state index in [9.17, 15) is 8.42 Å². The number of hydrogen-bond donors (Lipinski definition) is 2. The molecule has 0 saturated carbocycles. The number of rotatable bonds is 5. The van der Waals surface area contributed by atoms with Crippen molar-refractivity contribution in [3.05, 3.63) is 22.7 Å². The first-order chi connectivity index (χ1) is 10.2. The largest absolute Gasteiger partial charge is 0.378 e. The van der Waals surface area contributed by atoms with Crippen molar-refractivity contribution in [2.24, 2.45) is 5.41 Å². The highest BCUT2D eigenvalue weighted by molar-refractivity contribution is 9.10. The summed E-state index contributed by atoms with van der Waals surface area (Å²) in [7, 11) is 0.256. The van der Waals surface area contributed by atoms with Gasteiger partial charge in [0.15, 0.2) is 0 Å². The van der Waals surface area contributed by atoms with E-state index in [0.29, 0.717) is 11.0 Å². The van der Waals surface area contributed by atoms with Crippen molar-refractivity contribution in [1.82, 2.24) is 10.0 Å². The number of anilines is 1. The van der Waals surface area contributed by atoms with Crippen LogP contribution in [-0.2, 0) is 10.0 Å². The first-order valence-electron chi connectivity index (χ1n) is 7.41. The predicted molar refractivity (Wildman–Crippen MR) is 101 cm³/mol. The molecule has 1 heterocycles. The summed E-state index contributed by atoms with van der Waals surface area (Å²) < 4.78 is 28.6. The summed E-state index contributed by atoms with van der Waals surface area (Å²) in [4.78, 5) is 2.18. The molecule has 2 rings (SSSR count). The summed E-state index contributed by atoms with van der Waals surface area (Å²) in [5.41, 5.74) is 0.876. The maximum atomic E-state index is 12.6. The Morgan fingerprint density at radius 3 is 2.48 bits per heavy atom. The second kappa shape index (κ2) is 8.16. The minimum Gasteiger partial charge on any atom is -0.378 e. The predicted octanol–water partition coefficient (Wildman–Crippen LogP) is 2.60. The number of nitrogens with zero attached hydrogens (tertiary/aromatic N) is 1. The van der Waals surface area contributed by atoms with Crippen LogP contribution in [0.1, 0.15) is 19.8 Å². The van der Waals surface area contributed by atoms with E-state index >= 15 is 0 Å². The maximum absolute atomic E-state index is 12.6. The van der Waals surface area contributed by atoms with Crippen LogP contribution in [0.5, 0.6) is 0 Å². The first-order valence-corrected chi connectivity index (χ1v) is 9.68. The molecule has 0 bridgehead atoms. The number of hydrogen-bond acceptors (Lipinski definition) is 4. The minimum absolute atomic E-state index is 0. The number of sulfonamides is 1. The third kappa shape index (κ3) is 5.32. The van der Waals surface area contributed by atoms with Gasteiger partial charge in [0.1, 0.15) is 0 Å². The Morgan fingerprint density at radius 2 is 1.91 bits per heavy atom. The molecule has 0 spiro atoms. The van der Waals surface area contributed by atoms with E-state index in [1.54, 1.807) is 12.1 Å². The van der Waals surface area contributed by atoms with Crippen LogP contribution in [0.4, 0.5) is 5.69 Å². The fourth-order valence-corrected chi connectivity index (χ4v) is 4.71. The van der Waals surface area contributed by atoms with Crippen LogP contribution in [-0.4, -0.2) is 42.1 Å². The zero-order chi connectivity index (χ0) is 16.4. The Kier molecular flexibility index (Phi) is 7.35. The van der Waals surface area contributed by atoms with Crippen molar-refractivity contribution in [1.29, 1.82) is 0 Å². The molecular formula is C15H25BrClN3O2S. The van der Waals surface area contributed by atoms with Gasteiger partial charge in [0.05, 0.1) is 4.90 Å². The molecular weight excluding hydrogens is 402 g/mol. The molecule has 132 valence electrons. The standard InChI is InChI=1S/C15H24BrN3O2S.ClH/c1-15(6-8-17-9-7-15)11-18-22(20,21)14-10-12(19(2)3)4-5-13(14)16;/h4-5,10,17-18H,6-9,11H2,1-3H3;1H. The van der Waals surface area contributed by atoms with Gasteiger partial charge in [0.2, 0.25) is 10.0 Å². The van der Waals surface area contributed by atoms with Crippen LogP contribution < -0.4 is 14.9 Å². The fraction of sp³-hybridized carbons (Fsp3) is 0.600. The first kappa shape index (κ1) is 20.7. The number of halogens is 2. The molecule has 0 amide bonds. The minimum atomic E-state index is -3.53. The molecule has 0 atom stereocenters. The Hall–Kier alpha value is -0.340. The third-order valence-electron chi connectivity index (χ3n) is 4.22. The highest BCUT2D eigenvalue weighted by atomic mass is 79.9. The average molecular weight is 427 g/mol. The molecule has 0 aliphatic carbocycles. The Labute approximate surface area is 153 Å². The lowest BCUT2D eigenvalue weighted by atomic mass is 9.81. The SMILES string of the molecule is CN(C)c1ccc(Br)c(S(=O)(=O)NCC2(C)CCNCC2)c1.Cl. The van der Waals surface area contributed by atoms with Crippen LogP contribution >= 0.6 is 28.3 Å². The average Bonchev–Trinajstić information content (AvgIpc) is 2.46. The van der Waals surface area contributed by atoms with E-state index in [1.807, 2.05) is 25.1 Å². The van der Waals surface area contributed by atoms with Gasteiger partial charge in [-0.25, -0.2) is 13.1 Å². The Morgan fingerprint density at radius 1 is 1.30 bits per heavy atom. The zero-order valence-corrected chi connectivity index (χ0v) is 16.9. The lowest BCUT2D eigenvalue weighted by molar-refractivity contribution is 0.232. The lowest BCUT2D eigenvalue weighted by Crippen LogP contribution is -2.42. The van der Waals surface area contributed by atoms with Gasteiger partial charge in [0.25, 0.3) is 0 Å². The van der Waals surface area contributed by atoms with E-state index in [1.165, 1.54) is 0 Å². The molecule has 0 unspecified atom stereocenters. The zero-order valence-electron chi connectivity index (χ0n) is 13.7. The summed E-state index contributed by atoms with van der Waals surface area (Å²) in [5.74, 6) is 0. The second-order valence-corrected chi connectivity index (χ2v) is 8.98. The van der Waals surface area contributed by atoms with Crippen molar-refractivity contribution in [3.63, 3.8) is 0 Å². The molecule has 8 heteroatoms. The molecule has 1 fully saturated rings. The number of nitrogens with one attached hydrogen (secondary N) is 2. The second-order valence-electron chi connectivity index (χ2n) is 6.39. The van der Waals surface area contributed by atoms with Crippen LogP contribution in [0.3, 0.4) is 0 Å².